The first kappa shape index (κ1) is 21.8. The van der Waals surface area contributed by atoms with Crippen molar-refractivity contribution in [1.82, 2.24) is 4.90 Å². The third-order valence-corrected chi connectivity index (χ3v) is 6.36. The molecule has 0 aliphatic carbocycles. The van der Waals surface area contributed by atoms with E-state index < -0.39 is 6.04 Å². The highest BCUT2D eigenvalue weighted by Crippen LogP contribution is 2.38. The van der Waals surface area contributed by atoms with Crippen LogP contribution >= 0.6 is 0 Å². The molecule has 0 saturated heterocycles. The van der Waals surface area contributed by atoms with E-state index >= 15 is 0 Å². The van der Waals surface area contributed by atoms with Crippen LogP contribution in [0, 0.1) is 6.92 Å². The zero-order valence-electron chi connectivity index (χ0n) is 19.3. The highest BCUT2D eigenvalue weighted by Gasteiger charge is 2.42. The Morgan fingerprint density at radius 1 is 0.912 bits per heavy atom. The molecule has 4 aromatic rings. The summed E-state index contributed by atoms with van der Waals surface area (Å²) in [5, 5.41) is 0.480. The summed E-state index contributed by atoms with van der Waals surface area (Å²) in [7, 11) is 3.19. The molecule has 34 heavy (non-hydrogen) atoms. The molecule has 1 aliphatic heterocycles. The van der Waals surface area contributed by atoms with Crippen molar-refractivity contribution in [2.75, 3.05) is 20.8 Å². The van der Waals surface area contributed by atoms with Crippen LogP contribution in [0.25, 0.3) is 11.0 Å². The van der Waals surface area contributed by atoms with Gasteiger partial charge in [0.25, 0.3) is 5.91 Å². The van der Waals surface area contributed by atoms with Crippen molar-refractivity contribution >= 4 is 16.9 Å². The van der Waals surface area contributed by atoms with E-state index in [-0.39, 0.29) is 17.1 Å². The molecule has 172 valence electrons. The maximum atomic E-state index is 13.5. The van der Waals surface area contributed by atoms with E-state index in [9.17, 15) is 9.59 Å². The number of carbonyl (C=O) groups is 1. The van der Waals surface area contributed by atoms with Gasteiger partial charge in [-0.15, -0.1) is 0 Å². The van der Waals surface area contributed by atoms with Crippen LogP contribution in [0.1, 0.15) is 38.9 Å². The number of nitrogens with zero attached hydrogens (tertiary/aromatic N) is 1. The van der Waals surface area contributed by atoms with Crippen LogP contribution in [0.3, 0.4) is 0 Å². The fourth-order valence-electron chi connectivity index (χ4n) is 4.58. The number of fused-ring (bicyclic) bond motifs is 2. The summed E-state index contributed by atoms with van der Waals surface area (Å²) in [5.41, 5.74) is 3.64. The summed E-state index contributed by atoms with van der Waals surface area (Å²) < 4.78 is 16.7. The number of methoxy groups -OCH3 is 2. The molecule has 6 heteroatoms. The van der Waals surface area contributed by atoms with Crippen molar-refractivity contribution in [1.29, 1.82) is 0 Å². The lowest BCUT2D eigenvalue weighted by Crippen LogP contribution is -2.31. The van der Waals surface area contributed by atoms with Gasteiger partial charge in [-0.3, -0.25) is 9.59 Å². The number of para-hydroxylation sites is 1. The molecule has 0 fully saturated rings. The zero-order chi connectivity index (χ0) is 23.8. The average molecular weight is 456 g/mol. The van der Waals surface area contributed by atoms with Crippen molar-refractivity contribution in [3.63, 3.8) is 0 Å². The fraction of sp³-hybridized carbons (Fsp3) is 0.214. The quantitative estimate of drug-likeness (QED) is 0.413. The van der Waals surface area contributed by atoms with Gasteiger partial charge in [-0.05, 0) is 48.7 Å². The number of rotatable bonds is 6. The molecule has 1 aromatic heterocycles. The van der Waals surface area contributed by atoms with Gasteiger partial charge in [-0.25, -0.2) is 0 Å². The van der Waals surface area contributed by atoms with Gasteiger partial charge in [0, 0.05) is 6.54 Å². The normalized spacial score (nSPS) is 15.0. The molecule has 1 amide bonds. The average Bonchev–Trinajstić information content (AvgIpc) is 3.14. The third-order valence-electron chi connectivity index (χ3n) is 6.36. The van der Waals surface area contributed by atoms with E-state index in [0.29, 0.717) is 41.0 Å². The molecule has 5 rings (SSSR count). The first-order chi connectivity index (χ1) is 16.5. The number of aryl methyl sites for hydroxylation is 1. The smallest absolute Gasteiger partial charge is 0.290 e. The number of ether oxygens (including phenoxy) is 2. The van der Waals surface area contributed by atoms with E-state index in [4.69, 9.17) is 13.9 Å². The minimum atomic E-state index is -0.510. The van der Waals surface area contributed by atoms with Crippen molar-refractivity contribution in [3.05, 3.63) is 105 Å². The van der Waals surface area contributed by atoms with Gasteiger partial charge in [-0.2, -0.15) is 0 Å². The largest absolute Gasteiger partial charge is 0.493 e. The van der Waals surface area contributed by atoms with E-state index in [2.05, 4.69) is 0 Å². The standard InChI is InChI=1S/C28H25NO5/c1-17-8-11-19(12-9-17)25-24-26(30)20-6-4-5-7-21(20)34-27(24)28(31)29(25)15-14-18-10-13-22(32-2)23(16-18)33-3/h4-13,16,25H,14-15H2,1-3H3/t25-/m0/s1. The van der Waals surface area contributed by atoms with Crippen LogP contribution in [-0.2, 0) is 6.42 Å². The van der Waals surface area contributed by atoms with Gasteiger partial charge >= 0.3 is 0 Å². The monoisotopic (exact) mass is 455 g/mol. The van der Waals surface area contributed by atoms with Gasteiger partial charge in [0.1, 0.15) is 5.58 Å². The van der Waals surface area contributed by atoms with Crippen molar-refractivity contribution in [2.24, 2.45) is 0 Å². The van der Waals surface area contributed by atoms with Crippen molar-refractivity contribution < 1.29 is 18.7 Å². The Morgan fingerprint density at radius 3 is 2.38 bits per heavy atom. The molecule has 0 bridgehead atoms. The van der Waals surface area contributed by atoms with Gasteiger partial charge in [-0.1, -0.05) is 48.0 Å². The molecular formula is C28H25NO5. The van der Waals surface area contributed by atoms with Gasteiger partial charge in [0.05, 0.1) is 31.2 Å². The minimum absolute atomic E-state index is 0.126. The summed E-state index contributed by atoms with van der Waals surface area (Å²) in [5.74, 6) is 1.13. The molecular weight excluding hydrogens is 430 g/mol. The molecule has 3 aromatic carbocycles. The Bertz CT molecular complexity index is 1440. The summed E-state index contributed by atoms with van der Waals surface area (Å²) >= 11 is 0. The molecule has 2 heterocycles. The van der Waals surface area contributed by atoms with E-state index in [1.165, 1.54) is 0 Å². The maximum Gasteiger partial charge on any atom is 0.290 e. The van der Waals surface area contributed by atoms with Gasteiger partial charge < -0.3 is 18.8 Å². The molecule has 6 nitrogen and oxygen atoms in total. The second-order valence-electron chi connectivity index (χ2n) is 8.42. The number of carbonyl (C=O) groups excluding carboxylic acids is 1. The van der Waals surface area contributed by atoms with E-state index in [0.717, 1.165) is 16.7 Å². The summed E-state index contributed by atoms with van der Waals surface area (Å²) in [6, 6.07) is 20.2. The molecule has 0 spiro atoms. The van der Waals surface area contributed by atoms with Gasteiger partial charge in [0.15, 0.2) is 16.9 Å². The number of hydrogen-bond donors (Lipinski definition) is 0. The third kappa shape index (κ3) is 3.61. The Balaban J connectivity index is 1.57. The lowest BCUT2D eigenvalue weighted by molar-refractivity contribution is 0.0730. The summed E-state index contributed by atoms with van der Waals surface area (Å²) in [6.45, 7) is 2.42. The van der Waals surface area contributed by atoms with Crippen LogP contribution in [0.2, 0.25) is 0 Å². The lowest BCUT2D eigenvalue weighted by Gasteiger charge is -2.25. The number of amides is 1. The van der Waals surface area contributed by atoms with Crippen LogP contribution in [0.4, 0.5) is 0 Å². The van der Waals surface area contributed by atoms with E-state index in [1.54, 1.807) is 43.4 Å². The molecule has 1 atom stereocenters. The zero-order valence-corrected chi connectivity index (χ0v) is 19.3. The van der Waals surface area contributed by atoms with Crippen LogP contribution in [0.5, 0.6) is 11.5 Å². The molecule has 1 aliphatic rings. The number of hydrogen-bond acceptors (Lipinski definition) is 5. The van der Waals surface area contributed by atoms with Crippen molar-refractivity contribution in [2.45, 2.75) is 19.4 Å². The van der Waals surface area contributed by atoms with Crippen LogP contribution < -0.4 is 14.9 Å². The highest BCUT2D eigenvalue weighted by molar-refractivity contribution is 5.99. The van der Waals surface area contributed by atoms with Crippen LogP contribution in [0.15, 0.2) is 75.9 Å². The topological polar surface area (TPSA) is 69.0 Å². The Labute approximate surface area is 197 Å². The minimum Gasteiger partial charge on any atom is -0.493 e. The maximum absolute atomic E-state index is 13.5. The second kappa shape index (κ2) is 8.71. The van der Waals surface area contributed by atoms with E-state index in [1.807, 2.05) is 49.4 Å². The second-order valence-corrected chi connectivity index (χ2v) is 8.42. The first-order valence-corrected chi connectivity index (χ1v) is 11.2. The fourth-order valence-corrected chi connectivity index (χ4v) is 4.58. The first-order valence-electron chi connectivity index (χ1n) is 11.2. The van der Waals surface area contributed by atoms with Crippen molar-refractivity contribution in [3.8, 4) is 11.5 Å². The Kier molecular flexibility index (Phi) is 5.57. The van der Waals surface area contributed by atoms with Gasteiger partial charge in [0.2, 0.25) is 5.76 Å². The molecule has 0 saturated carbocycles. The van der Waals surface area contributed by atoms with Crippen LogP contribution in [-0.4, -0.2) is 31.6 Å². The molecule has 0 radical (unpaired) electrons. The lowest BCUT2D eigenvalue weighted by atomic mass is 9.97. The highest BCUT2D eigenvalue weighted by atomic mass is 16.5. The molecule has 0 N–H and O–H groups in total. The Morgan fingerprint density at radius 2 is 1.65 bits per heavy atom. The predicted octanol–water partition coefficient (Wildman–Crippen LogP) is 4.91. The predicted molar refractivity (Wildman–Crippen MR) is 130 cm³/mol. The summed E-state index contributed by atoms with van der Waals surface area (Å²) in [6.07, 6.45) is 0.580. The SMILES string of the molecule is COc1ccc(CCN2C(=O)c3oc4ccccc4c(=O)c3[C@@H]2c2ccc(C)cc2)cc1OC. The Hall–Kier alpha value is -4.06. The number of benzene rings is 3. The molecule has 0 unspecified atom stereocenters. The summed E-state index contributed by atoms with van der Waals surface area (Å²) in [4.78, 5) is 28.8.